The normalized spacial score (nSPS) is 15.7. The maximum atomic E-state index is 12.8. The van der Waals surface area contributed by atoms with Gasteiger partial charge in [0.15, 0.2) is 17.4 Å². The zero-order valence-electron chi connectivity index (χ0n) is 23.5. The van der Waals surface area contributed by atoms with Gasteiger partial charge in [-0.3, -0.25) is 14.3 Å². The van der Waals surface area contributed by atoms with E-state index in [9.17, 15) is 9.59 Å². The second-order valence-corrected chi connectivity index (χ2v) is 7.00. The quantitative estimate of drug-likeness (QED) is 0.442. The second-order valence-electron chi connectivity index (χ2n) is 7.00. The summed E-state index contributed by atoms with van der Waals surface area (Å²) in [4.78, 5) is 33.3. The molecule has 1 aliphatic rings. The first-order valence-corrected chi connectivity index (χ1v) is 9.56. The fraction of sp³-hybridized carbons (Fsp3) is 0.318. The van der Waals surface area contributed by atoms with Crippen LogP contribution in [0.1, 0.15) is 44.7 Å². The highest BCUT2D eigenvalue weighted by molar-refractivity contribution is 6.03. The fourth-order valence-electron chi connectivity index (χ4n) is 3.08. The van der Waals surface area contributed by atoms with Gasteiger partial charge in [0.2, 0.25) is 5.91 Å². The van der Waals surface area contributed by atoms with Crippen molar-refractivity contribution in [1.82, 2.24) is 19.7 Å². The number of aryl methyl sites for hydroxylation is 1. The van der Waals surface area contributed by atoms with Crippen molar-refractivity contribution in [1.29, 1.82) is 0 Å². The molecule has 0 radical (unpaired) electrons. The van der Waals surface area contributed by atoms with Gasteiger partial charge in [-0.15, -0.1) is 24.8 Å². The molecule has 0 bridgehead atoms. The Kier molecular flexibility index (Phi) is 6.15. The highest BCUT2D eigenvalue weighted by Crippen LogP contribution is 2.37. The first-order valence-electron chi connectivity index (χ1n) is 12.6. The smallest absolute Gasteiger partial charge is 0.228 e. The number of nitrogens with one attached hydrogen (secondary N) is 2. The minimum Gasteiger partial charge on any atom is -0.494 e. The van der Waals surface area contributed by atoms with Crippen molar-refractivity contribution in [2.24, 2.45) is 12.9 Å². The van der Waals surface area contributed by atoms with Crippen molar-refractivity contribution < 1.29 is 22.6 Å². The Balaban J connectivity index is 0.00000267. The van der Waals surface area contributed by atoms with Crippen LogP contribution in [0, 0.1) is 5.92 Å². The van der Waals surface area contributed by atoms with Gasteiger partial charge in [-0.2, -0.15) is 5.10 Å². The molecule has 9 nitrogen and oxygen atoms in total. The van der Waals surface area contributed by atoms with Crippen LogP contribution in [0.5, 0.6) is 5.75 Å². The summed E-state index contributed by atoms with van der Waals surface area (Å²) in [6.07, 6.45) is 3.19. The van der Waals surface area contributed by atoms with Crippen LogP contribution in [0.25, 0.3) is 11.4 Å². The lowest BCUT2D eigenvalue weighted by Gasteiger charge is -2.16. The fourth-order valence-corrected chi connectivity index (χ4v) is 3.08. The molecule has 3 aromatic rings. The molecule has 0 aliphatic heterocycles. The lowest BCUT2D eigenvalue weighted by atomic mass is 10.1. The number of rotatable bonds is 8. The highest BCUT2D eigenvalue weighted by atomic mass is 35.5. The molecule has 0 saturated heterocycles. The average Bonchev–Trinajstić information content (AvgIpc) is 3.53. The molecule has 1 amide bonds. The maximum Gasteiger partial charge on any atom is 0.228 e. The molecule has 1 aliphatic carbocycles. The lowest BCUT2D eigenvalue weighted by Crippen LogP contribution is -2.15. The van der Waals surface area contributed by atoms with E-state index >= 15 is 0 Å². The van der Waals surface area contributed by atoms with Crippen LogP contribution < -0.4 is 15.4 Å². The van der Waals surface area contributed by atoms with Gasteiger partial charge in [-0.1, -0.05) is 12.9 Å². The van der Waals surface area contributed by atoms with Gasteiger partial charge < -0.3 is 15.4 Å². The number of anilines is 3. The molecular formula is C22H26Cl2N6O3. The summed E-state index contributed by atoms with van der Waals surface area (Å²) in [7, 11) is 1.40. The molecule has 176 valence electrons. The number of para-hydroxylation sites is 1. The minimum atomic E-state index is -2.51. The van der Waals surface area contributed by atoms with Gasteiger partial charge in [0.1, 0.15) is 12.1 Å². The van der Waals surface area contributed by atoms with Crippen LogP contribution in [0.4, 0.5) is 17.2 Å². The summed E-state index contributed by atoms with van der Waals surface area (Å²) < 4.78 is 51.2. The van der Waals surface area contributed by atoms with E-state index < -0.39 is 26.0 Å². The molecule has 2 N–H and O–H groups in total. The summed E-state index contributed by atoms with van der Waals surface area (Å²) in [5, 5.41) is 9.80. The molecule has 1 fully saturated rings. The molecule has 0 spiro atoms. The number of Topliss-reactive ketones (excluding diaryl/α,β-unsaturated/α-hetero) is 1. The Morgan fingerprint density at radius 3 is 2.73 bits per heavy atom. The standard InChI is InChI=1S/C22H24N6O3.2ClH/c1-4-18(29)15-11-23-19(26-22(30)13-8-9-13)10-17(15)25-16-7-5-6-14(20(16)31-3)21-24-12-28(2)27-21;;/h5-7,10-13H,4,8-9H2,1-3H3,(H2,23,25,26,30);2*1H/i1D3,2D3;;. The monoisotopic (exact) mass is 498 g/mol. The Bertz CT molecular complexity index is 1340. The highest BCUT2D eigenvalue weighted by Gasteiger charge is 2.30. The molecule has 0 unspecified atom stereocenters. The molecule has 1 saturated carbocycles. The van der Waals surface area contributed by atoms with E-state index in [1.807, 2.05) is 0 Å². The van der Waals surface area contributed by atoms with E-state index in [1.54, 1.807) is 18.2 Å². The van der Waals surface area contributed by atoms with Gasteiger partial charge in [-0.25, -0.2) is 9.97 Å². The number of methoxy groups -OCH3 is 1. The Morgan fingerprint density at radius 2 is 2.06 bits per heavy atom. The molecular weight excluding hydrogens is 467 g/mol. The van der Waals surface area contributed by atoms with E-state index in [4.69, 9.17) is 13.0 Å². The second kappa shape index (κ2) is 11.1. The Morgan fingerprint density at radius 1 is 1.24 bits per heavy atom. The molecule has 2 heterocycles. The third kappa shape index (κ3) is 5.80. The molecule has 11 heteroatoms. The molecule has 4 rings (SSSR count). The van der Waals surface area contributed by atoms with Crippen molar-refractivity contribution in [3.63, 3.8) is 0 Å². The Hall–Kier alpha value is -3.17. The van der Waals surface area contributed by atoms with Crippen molar-refractivity contribution in [2.45, 2.75) is 26.1 Å². The van der Waals surface area contributed by atoms with Gasteiger partial charge in [0.25, 0.3) is 0 Å². The van der Waals surface area contributed by atoms with Crippen molar-refractivity contribution >= 4 is 53.7 Å². The minimum absolute atomic E-state index is 0. The summed E-state index contributed by atoms with van der Waals surface area (Å²) >= 11 is 0. The summed E-state index contributed by atoms with van der Waals surface area (Å²) in [5.41, 5.74) is 0.950. The molecule has 2 aromatic heterocycles. The summed E-state index contributed by atoms with van der Waals surface area (Å²) in [6.45, 7) is -5.00. The largest absolute Gasteiger partial charge is 0.494 e. The average molecular weight is 499 g/mol. The number of carbonyl (C=O) groups is 2. The Labute approximate surface area is 212 Å². The number of pyridine rings is 1. The zero-order valence-corrected chi connectivity index (χ0v) is 19.1. The van der Waals surface area contributed by atoms with Gasteiger partial charge in [-0.05, 0) is 25.0 Å². The number of amides is 1. The number of ketones is 1. The SMILES string of the molecule is Cl.Cl.[2H]C([2H])([2H])CC(=O)c1cnc(NC(=O)C2CC2)cc1Nc1cccc(-c2ncn(C([2H])([2H])[2H])n2)c1OC. The lowest BCUT2D eigenvalue weighted by molar-refractivity contribution is -0.117. The third-order valence-electron chi connectivity index (χ3n) is 4.79. The molecule has 0 atom stereocenters. The van der Waals surface area contributed by atoms with E-state index in [0.29, 0.717) is 11.3 Å². The van der Waals surface area contributed by atoms with E-state index in [2.05, 4.69) is 25.7 Å². The molecule has 1 aromatic carbocycles. The van der Waals surface area contributed by atoms with Gasteiger partial charge in [0, 0.05) is 39.8 Å². The van der Waals surface area contributed by atoms with Crippen LogP contribution in [0.3, 0.4) is 0 Å². The van der Waals surface area contributed by atoms with Crippen LogP contribution in [0.2, 0.25) is 0 Å². The van der Waals surface area contributed by atoms with Crippen LogP contribution >= 0.6 is 24.8 Å². The van der Waals surface area contributed by atoms with E-state index in [1.165, 1.54) is 19.4 Å². The number of benzene rings is 1. The topological polar surface area (TPSA) is 111 Å². The van der Waals surface area contributed by atoms with Gasteiger partial charge >= 0.3 is 0 Å². The first-order chi connectivity index (χ1) is 17.4. The van der Waals surface area contributed by atoms with Crippen LogP contribution in [0.15, 0.2) is 36.8 Å². The van der Waals surface area contributed by atoms with Crippen molar-refractivity contribution in [3.8, 4) is 17.1 Å². The number of aromatic nitrogens is 4. The first kappa shape index (κ1) is 18.3. The van der Waals surface area contributed by atoms with Crippen LogP contribution in [-0.2, 0) is 11.8 Å². The number of hydrogen-bond acceptors (Lipinski definition) is 7. The number of ether oxygens (including phenoxy) is 1. The maximum absolute atomic E-state index is 12.8. The van der Waals surface area contributed by atoms with Crippen LogP contribution in [-0.4, -0.2) is 38.5 Å². The van der Waals surface area contributed by atoms with Crippen molar-refractivity contribution in [3.05, 3.63) is 42.4 Å². The number of carbonyl (C=O) groups excluding carboxylic acids is 2. The number of halogens is 2. The molecule has 33 heavy (non-hydrogen) atoms. The predicted molar refractivity (Wildman–Crippen MR) is 131 cm³/mol. The zero-order chi connectivity index (χ0) is 27.0. The van der Waals surface area contributed by atoms with E-state index in [0.717, 1.165) is 23.9 Å². The van der Waals surface area contributed by atoms with Crippen molar-refractivity contribution in [2.75, 3.05) is 17.7 Å². The third-order valence-corrected chi connectivity index (χ3v) is 4.79. The number of hydrogen-bond donors (Lipinski definition) is 2. The number of nitrogens with zero attached hydrogens (tertiary/aromatic N) is 4. The predicted octanol–water partition coefficient (Wildman–Crippen LogP) is 4.41. The summed E-state index contributed by atoms with van der Waals surface area (Å²) in [5.74, 6) is -0.381. The van der Waals surface area contributed by atoms with Gasteiger partial charge in [0.05, 0.1) is 29.6 Å². The van der Waals surface area contributed by atoms with E-state index in [-0.39, 0.29) is 65.3 Å². The summed E-state index contributed by atoms with van der Waals surface area (Å²) in [6, 6.07) is 6.37.